The third-order valence-corrected chi connectivity index (χ3v) is 0.940. The van der Waals surface area contributed by atoms with Crippen LogP contribution in [-0.4, -0.2) is 0 Å². The van der Waals surface area contributed by atoms with Gasteiger partial charge < -0.3 is 12.3 Å². The van der Waals surface area contributed by atoms with E-state index < -0.39 is 0 Å². The largest absolute Gasteiger partial charge is 0.344 e. The van der Waals surface area contributed by atoms with Crippen molar-refractivity contribution in [3.05, 3.63) is 49.1 Å². The molecule has 0 spiro atoms. The second kappa shape index (κ2) is 11.6. The first-order valence-electron chi connectivity index (χ1n) is 2.91. The van der Waals surface area contributed by atoms with Crippen molar-refractivity contribution >= 4 is 0 Å². The molecule has 1 aromatic rings. The first kappa shape index (κ1) is 16.5. The first-order chi connectivity index (χ1) is 4.39. The molecule has 0 saturated heterocycles. The highest BCUT2D eigenvalue weighted by Gasteiger charge is 1.72. The van der Waals surface area contributed by atoms with Crippen LogP contribution in [0, 0.1) is 6.92 Å². The molecule has 2 nitrogen and oxygen atoms in total. The molecule has 0 aliphatic heterocycles. The monoisotopic (exact) mass is 154 g/mol. The molecule has 0 aromatic heterocycles. The molecule has 6 N–H and O–H groups in total. The molecule has 2 heteroatoms. The number of rotatable bonds is 0. The molecule has 0 saturated carbocycles. The summed E-state index contributed by atoms with van der Waals surface area (Å²) in [7, 11) is 0. The molecule has 0 bridgehead atoms. The van der Waals surface area contributed by atoms with Crippen molar-refractivity contribution in [3.63, 3.8) is 0 Å². The first-order valence-corrected chi connectivity index (χ1v) is 2.91. The van der Waals surface area contributed by atoms with E-state index >= 15 is 0 Å². The Labute approximate surface area is 69.1 Å². The molecule has 0 radical (unpaired) electrons. The zero-order valence-corrected chi connectivity index (χ0v) is 7.22. The van der Waals surface area contributed by atoms with Gasteiger partial charge in [-0.15, -0.1) is 13.2 Å². The Balaban J connectivity index is -0.000000149. The van der Waals surface area contributed by atoms with Crippen LogP contribution in [0.3, 0.4) is 0 Å². The van der Waals surface area contributed by atoms with Crippen molar-refractivity contribution in [1.82, 2.24) is 12.3 Å². The smallest absolute Gasteiger partial charge is 0.0398 e. The summed E-state index contributed by atoms with van der Waals surface area (Å²) in [5, 5.41) is 0. The van der Waals surface area contributed by atoms with E-state index in [1.807, 2.05) is 18.2 Å². The van der Waals surface area contributed by atoms with Crippen molar-refractivity contribution in [1.29, 1.82) is 0 Å². The molecule has 1 aromatic carbocycles. The van der Waals surface area contributed by atoms with Gasteiger partial charge in [-0.1, -0.05) is 35.9 Å². The number of hydrogen-bond acceptors (Lipinski definition) is 2. The topological polar surface area (TPSA) is 70.0 Å². The maximum absolute atomic E-state index is 3.00. The van der Waals surface area contributed by atoms with Crippen molar-refractivity contribution < 1.29 is 0 Å². The van der Waals surface area contributed by atoms with E-state index in [0.717, 1.165) is 0 Å². The van der Waals surface area contributed by atoms with Crippen molar-refractivity contribution in [2.45, 2.75) is 6.92 Å². The van der Waals surface area contributed by atoms with E-state index in [2.05, 4.69) is 32.2 Å². The third-order valence-electron chi connectivity index (χ3n) is 0.940. The molecular weight excluding hydrogens is 136 g/mol. The van der Waals surface area contributed by atoms with Crippen LogP contribution in [0.4, 0.5) is 0 Å². The lowest BCUT2D eigenvalue weighted by atomic mass is 10.2. The fourth-order valence-electron chi connectivity index (χ4n) is 0.534. The summed E-state index contributed by atoms with van der Waals surface area (Å²) in [6.45, 7) is 8.08. The zero-order chi connectivity index (χ0) is 7.11. The predicted molar refractivity (Wildman–Crippen MR) is 52.5 cm³/mol. The summed E-state index contributed by atoms with van der Waals surface area (Å²) in [6.07, 6.45) is 0. The molecule has 0 amide bonds. The number of hydrogen-bond donors (Lipinski definition) is 2. The Bertz CT molecular complexity index is 149. The van der Waals surface area contributed by atoms with Crippen LogP contribution in [0.5, 0.6) is 0 Å². The fraction of sp³-hybridized carbons (Fsp3) is 0.111. The Hall–Kier alpha value is -1.12. The van der Waals surface area contributed by atoms with Gasteiger partial charge in [0.25, 0.3) is 0 Å². The van der Waals surface area contributed by atoms with E-state index in [9.17, 15) is 0 Å². The summed E-state index contributed by atoms with van der Waals surface area (Å²) in [5.74, 6) is 0. The highest BCUT2D eigenvalue weighted by molar-refractivity contribution is 5.11. The molecule has 0 atom stereocenters. The second-order valence-electron chi connectivity index (χ2n) is 1.65. The van der Waals surface area contributed by atoms with Crippen LogP contribution in [0.25, 0.3) is 0 Å². The van der Waals surface area contributed by atoms with Gasteiger partial charge in [0.2, 0.25) is 0 Å². The molecule has 0 aliphatic carbocycles. The maximum atomic E-state index is 3.00. The summed E-state index contributed by atoms with van der Waals surface area (Å²) < 4.78 is 0. The highest BCUT2D eigenvalue weighted by atomic mass is 14.0. The minimum absolute atomic E-state index is 0. The van der Waals surface area contributed by atoms with Crippen LogP contribution in [0.15, 0.2) is 43.5 Å². The van der Waals surface area contributed by atoms with Gasteiger partial charge in [-0.3, -0.25) is 0 Å². The van der Waals surface area contributed by atoms with Crippen LogP contribution in [0.2, 0.25) is 0 Å². The SMILES string of the molecule is C=C.Cc1ccccc1.N.N. The molecule has 0 aliphatic rings. The van der Waals surface area contributed by atoms with Crippen molar-refractivity contribution in [3.8, 4) is 0 Å². The quantitative estimate of drug-likeness (QED) is 0.563. The van der Waals surface area contributed by atoms with Gasteiger partial charge in [-0.25, -0.2) is 0 Å². The van der Waals surface area contributed by atoms with Crippen LogP contribution in [-0.2, 0) is 0 Å². The van der Waals surface area contributed by atoms with Gasteiger partial charge in [0.05, 0.1) is 0 Å². The summed E-state index contributed by atoms with van der Waals surface area (Å²) >= 11 is 0. The van der Waals surface area contributed by atoms with E-state index in [-0.39, 0.29) is 12.3 Å². The molecule has 64 valence electrons. The Morgan fingerprint density at radius 3 is 1.45 bits per heavy atom. The molecule has 0 heterocycles. The molecular formula is C9H18N2. The van der Waals surface area contributed by atoms with Gasteiger partial charge in [-0.05, 0) is 6.92 Å². The minimum atomic E-state index is 0. The fourth-order valence-corrected chi connectivity index (χ4v) is 0.534. The van der Waals surface area contributed by atoms with Crippen LogP contribution < -0.4 is 12.3 Å². The lowest BCUT2D eigenvalue weighted by Gasteiger charge is -1.82. The summed E-state index contributed by atoms with van der Waals surface area (Å²) in [5.41, 5.74) is 1.32. The van der Waals surface area contributed by atoms with E-state index in [1.54, 1.807) is 0 Å². The van der Waals surface area contributed by atoms with Crippen LogP contribution in [0.1, 0.15) is 5.56 Å². The third kappa shape index (κ3) is 8.88. The van der Waals surface area contributed by atoms with Gasteiger partial charge in [0.1, 0.15) is 0 Å². The van der Waals surface area contributed by atoms with Gasteiger partial charge in [0, 0.05) is 0 Å². The van der Waals surface area contributed by atoms with Crippen LogP contribution >= 0.6 is 0 Å². The second-order valence-corrected chi connectivity index (χ2v) is 1.65. The summed E-state index contributed by atoms with van der Waals surface area (Å²) in [6, 6.07) is 10.3. The van der Waals surface area contributed by atoms with Crippen molar-refractivity contribution in [2.24, 2.45) is 0 Å². The molecule has 0 fully saturated rings. The summed E-state index contributed by atoms with van der Waals surface area (Å²) in [4.78, 5) is 0. The van der Waals surface area contributed by atoms with E-state index in [0.29, 0.717) is 0 Å². The highest BCUT2D eigenvalue weighted by Crippen LogP contribution is 1.92. The van der Waals surface area contributed by atoms with E-state index in [4.69, 9.17) is 0 Å². The van der Waals surface area contributed by atoms with E-state index in [1.165, 1.54) is 5.56 Å². The Kier molecular flexibility index (Phi) is 17.4. The lowest BCUT2D eigenvalue weighted by Crippen LogP contribution is -1.62. The standard InChI is InChI=1S/C7H8.C2H4.2H3N/c1-7-5-3-2-4-6-7;1-2;;/h2-6H,1H3;1-2H2;2*1H3. The lowest BCUT2D eigenvalue weighted by molar-refractivity contribution is 1.48. The number of benzene rings is 1. The minimum Gasteiger partial charge on any atom is -0.344 e. The normalized spacial score (nSPS) is 5.91. The van der Waals surface area contributed by atoms with Gasteiger partial charge in [-0.2, -0.15) is 0 Å². The van der Waals surface area contributed by atoms with Gasteiger partial charge in [0.15, 0.2) is 0 Å². The average Bonchev–Trinajstić information content (AvgIpc) is 1.94. The Morgan fingerprint density at radius 2 is 1.27 bits per heavy atom. The molecule has 11 heavy (non-hydrogen) atoms. The predicted octanol–water partition coefficient (Wildman–Crippen LogP) is 3.12. The maximum Gasteiger partial charge on any atom is -0.0398 e. The van der Waals surface area contributed by atoms with Crippen molar-refractivity contribution in [2.75, 3.05) is 0 Å². The number of aryl methyl sites for hydroxylation is 1. The molecule has 1 rings (SSSR count). The van der Waals surface area contributed by atoms with Gasteiger partial charge >= 0.3 is 0 Å². The average molecular weight is 154 g/mol. The Morgan fingerprint density at radius 1 is 0.909 bits per heavy atom. The molecule has 0 unspecified atom stereocenters. The zero-order valence-electron chi connectivity index (χ0n) is 7.22.